The van der Waals surface area contributed by atoms with Crippen molar-refractivity contribution in [3.8, 4) is 0 Å². The van der Waals surface area contributed by atoms with E-state index in [-0.39, 0.29) is 0 Å². The minimum atomic E-state index is -2.27. The van der Waals surface area contributed by atoms with Crippen molar-refractivity contribution >= 4 is 11.7 Å². The van der Waals surface area contributed by atoms with Gasteiger partial charge in [-0.2, -0.15) is 4.39 Å². The van der Waals surface area contributed by atoms with E-state index in [2.05, 4.69) is 0 Å². The highest BCUT2D eigenvalue weighted by molar-refractivity contribution is 5.73. The number of nitrogens with zero attached hydrogens (tertiary/aromatic N) is 1. The maximum atomic E-state index is 13.1. The van der Waals surface area contributed by atoms with E-state index in [1.165, 1.54) is 0 Å². The van der Waals surface area contributed by atoms with Crippen LogP contribution in [-0.2, 0) is 4.79 Å². The number of benzene rings is 1. The summed E-state index contributed by atoms with van der Waals surface area (Å²) in [7, 11) is 0. The van der Waals surface area contributed by atoms with Crippen molar-refractivity contribution < 1.29 is 29.4 Å². The molecule has 0 amide bonds. The predicted molar refractivity (Wildman–Crippen MR) is 51.7 cm³/mol. The van der Waals surface area contributed by atoms with E-state index in [4.69, 9.17) is 10.2 Å². The van der Waals surface area contributed by atoms with Gasteiger partial charge in [0.25, 0.3) is 0 Å². The summed E-state index contributed by atoms with van der Waals surface area (Å²) < 4.78 is 13.1. The van der Waals surface area contributed by atoms with E-state index in [0.29, 0.717) is 0 Å². The molecule has 8 heteroatoms. The molecule has 0 aliphatic carbocycles. The Morgan fingerprint density at radius 3 is 2.47 bits per heavy atom. The van der Waals surface area contributed by atoms with Crippen molar-refractivity contribution in [3.05, 3.63) is 39.7 Å². The zero-order chi connectivity index (χ0) is 13.2. The van der Waals surface area contributed by atoms with Crippen LogP contribution in [0, 0.1) is 15.9 Å². The highest BCUT2D eigenvalue weighted by atomic mass is 19.1. The van der Waals surface area contributed by atoms with Crippen molar-refractivity contribution in [1.82, 2.24) is 0 Å². The van der Waals surface area contributed by atoms with Crippen molar-refractivity contribution in [2.75, 3.05) is 0 Å². The number of carboxylic acid groups (broad SMARTS) is 1. The number of rotatable bonds is 4. The van der Waals surface area contributed by atoms with Crippen molar-refractivity contribution in [1.29, 1.82) is 0 Å². The number of nitro groups is 1. The van der Waals surface area contributed by atoms with Crippen LogP contribution in [0.3, 0.4) is 0 Å². The Morgan fingerprint density at radius 2 is 2.00 bits per heavy atom. The molecule has 1 aromatic rings. The minimum Gasteiger partial charge on any atom is -0.479 e. The maximum absolute atomic E-state index is 13.1. The second-order valence-corrected chi connectivity index (χ2v) is 3.16. The number of aliphatic hydroxyl groups is 2. The molecule has 17 heavy (non-hydrogen) atoms. The van der Waals surface area contributed by atoms with Crippen LogP contribution in [0.25, 0.3) is 0 Å². The second kappa shape index (κ2) is 4.85. The number of hydrogen-bond donors (Lipinski definition) is 3. The van der Waals surface area contributed by atoms with E-state index in [1.54, 1.807) is 0 Å². The highest BCUT2D eigenvalue weighted by Gasteiger charge is 2.32. The van der Waals surface area contributed by atoms with E-state index in [0.717, 1.165) is 18.2 Å². The lowest BCUT2D eigenvalue weighted by molar-refractivity contribution is -0.389. The number of nitro benzene ring substituents is 1. The number of carboxylic acids is 1. The molecule has 3 N–H and O–H groups in total. The van der Waals surface area contributed by atoms with Gasteiger partial charge in [0.15, 0.2) is 6.10 Å². The Labute approximate surface area is 93.9 Å². The molecule has 1 rings (SSSR count). The Hall–Kier alpha value is -2.06. The van der Waals surface area contributed by atoms with Gasteiger partial charge in [-0.15, -0.1) is 0 Å². The lowest BCUT2D eigenvalue weighted by atomic mass is 10.0. The molecule has 0 aromatic heterocycles. The summed E-state index contributed by atoms with van der Waals surface area (Å²) in [6.07, 6.45) is -4.35. The molecule has 1 aromatic carbocycles. The van der Waals surface area contributed by atoms with Gasteiger partial charge in [-0.3, -0.25) is 10.1 Å². The zero-order valence-corrected chi connectivity index (χ0v) is 8.28. The molecule has 0 aliphatic rings. The lowest BCUT2D eigenvalue weighted by Crippen LogP contribution is -2.28. The topological polar surface area (TPSA) is 121 Å². The molecular weight excluding hydrogens is 237 g/mol. The number of para-hydroxylation sites is 1. The van der Waals surface area contributed by atoms with Gasteiger partial charge in [0.2, 0.25) is 5.82 Å². The smallest absolute Gasteiger partial charge is 0.335 e. The van der Waals surface area contributed by atoms with E-state index >= 15 is 0 Å². The fourth-order valence-corrected chi connectivity index (χ4v) is 1.27. The summed E-state index contributed by atoms with van der Waals surface area (Å²) in [4.78, 5) is 19.9. The van der Waals surface area contributed by atoms with Crippen molar-refractivity contribution in [3.63, 3.8) is 0 Å². The predicted octanol–water partition coefficient (Wildman–Crippen LogP) is 0.213. The maximum Gasteiger partial charge on any atom is 0.335 e. The van der Waals surface area contributed by atoms with Crippen LogP contribution in [0.2, 0.25) is 0 Å². The van der Waals surface area contributed by atoms with E-state index in [9.17, 15) is 24.4 Å². The molecule has 0 fully saturated rings. The first kappa shape index (κ1) is 13.0. The number of aliphatic carboxylic acids is 1. The molecular formula is C9H8FNO6. The standard InChI is InChI=1S/C9H8FNO6/c10-5-3-1-2-4(6(5)11(16)17)7(12)8(13)9(14)15/h1-3,7-8,12-13H,(H,14,15). The molecule has 2 atom stereocenters. The fourth-order valence-electron chi connectivity index (χ4n) is 1.27. The van der Waals surface area contributed by atoms with Crippen LogP contribution < -0.4 is 0 Å². The normalized spacial score (nSPS) is 14.1. The van der Waals surface area contributed by atoms with Gasteiger partial charge in [0, 0.05) is 0 Å². The first-order chi connectivity index (χ1) is 7.86. The van der Waals surface area contributed by atoms with E-state index < -0.39 is 40.2 Å². The number of halogens is 1. The molecule has 92 valence electrons. The SMILES string of the molecule is O=C(O)C(O)C(O)c1cccc(F)c1[N+](=O)[O-]. The third kappa shape index (κ3) is 2.55. The molecule has 0 radical (unpaired) electrons. The third-order valence-corrected chi connectivity index (χ3v) is 2.07. The quantitative estimate of drug-likeness (QED) is 0.515. The zero-order valence-electron chi connectivity index (χ0n) is 8.28. The van der Waals surface area contributed by atoms with Gasteiger partial charge in [-0.25, -0.2) is 4.79 Å². The molecule has 0 bridgehead atoms. The molecule has 0 spiro atoms. The lowest BCUT2D eigenvalue weighted by Gasteiger charge is -2.14. The fraction of sp³-hybridized carbons (Fsp3) is 0.222. The average molecular weight is 245 g/mol. The Morgan fingerprint density at radius 1 is 1.41 bits per heavy atom. The number of aliphatic hydroxyl groups excluding tert-OH is 2. The average Bonchev–Trinajstić information content (AvgIpc) is 2.25. The van der Waals surface area contributed by atoms with Gasteiger partial charge in [-0.1, -0.05) is 6.07 Å². The summed E-state index contributed by atoms with van der Waals surface area (Å²) in [6.45, 7) is 0. The van der Waals surface area contributed by atoms with Crippen molar-refractivity contribution in [2.45, 2.75) is 12.2 Å². The van der Waals surface area contributed by atoms with Crippen LogP contribution in [0.5, 0.6) is 0 Å². The molecule has 0 heterocycles. The summed E-state index contributed by atoms with van der Waals surface area (Å²) >= 11 is 0. The first-order valence-corrected chi connectivity index (χ1v) is 4.38. The second-order valence-electron chi connectivity index (χ2n) is 3.16. The van der Waals surface area contributed by atoms with Crippen LogP contribution in [-0.4, -0.2) is 32.3 Å². The molecule has 0 saturated carbocycles. The molecule has 7 nitrogen and oxygen atoms in total. The summed E-state index contributed by atoms with van der Waals surface area (Å²) in [5.74, 6) is -2.99. The summed E-state index contributed by atoms with van der Waals surface area (Å²) in [5, 5.41) is 37.5. The Kier molecular flexibility index (Phi) is 3.71. The molecule has 0 aliphatic heterocycles. The minimum absolute atomic E-state index is 0.593. The van der Waals surface area contributed by atoms with Gasteiger partial charge in [-0.05, 0) is 12.1 Å². The van der Waals surface area contributed by atoms with E-state index in [1.807, 2.05) is 0 Å². The van der Waals surface area contributed by atoms with Crippen LogP contribution in [0.15, 0.2) is 18.2 Å². The Balaban J connectivity index is 3.26. The highest BCUT2D eigenvalue weighted by Crippen LogP contribution is 2.29. The molecule has 0 saturated heterocycles. The number of carbonyl (C=O) groups is 1. The van der Waals surface area contributed by atoms with Crippen molar-refractivity contribution in [2.24, 2.45) is 0 Å². The largest absolute Gasteiger partial charge is 0.479 e. The van der Waals surface area contributed by atoms with Gasteiger partial charge >= 0.3 is 11.7 Å². The van der Waals surface area contributed by atoms with Crippen LogP contribution >= 0.6 is 0 Å². The van der Waals surface area contributed by atoms with Crippen LogP contribution in [0.1, 0.15) is 11.7 Å². The Bertz CT molecular complexity index is 463. The van der Waals surface area contributed by atoms with Gasteiger partial charge in [0.1, 0.15) is 6.10 Å². The van der Waals surface area contributed by atoms with Gasteiger partial charge < -0.3 is 15.3 Å². The summed E-state index contributed by atoms with van der Waals surface area (Å²) in [6, 6.07) is 2.83. The third-order valence-electron chi connectivity index (χ3n) is 2.07. The number of hydrogen-bond acceptors (Lipinski definition) is 5. The van der Waals surface area contributed by atoms with Gasteiger partial charge in [0.05, 0.1) is 10.5 Å². The molecule has 2 unspecified atom stereocenters. The monoisotopic (exact) mass is 245 g/mol. The van der Waals surface area contributed by atoms with Crippen LogP contribution in [0.4, 0.5) is 10.1 Å². The summed E-state index contributed by atoms with van der Waals surface area (Å²) in [5.41, 5.74) is -1.65. The first-order valence-electron chi connectivity index (χ1n) is 4.38.